The average molecular weight is 380 g/mol. The van der Waals surface area contributed by atoms with Gasteiger partial charge in [0.05, 0.1) is 17.3 Å². The average Bonchev–Trinajstić information content (AvgIpc) is 2.88. The maximum Gasteiger partial charge on any atom is 0.164 e. The summed E-state index contributed by atoms with van der Waals surface area (Å²) in [5, 5.41) is 10.2. The number of benzene rings is 1. The molecule has 25 heavy (non-hydrogen) atoms. The third-order valence-electron chi connectivity index (χ3n) is 4.20. The molecule has 1 unspecified atom stereocenters. The summed E-state index contributed by atoms with van der Waals surface area (Å²) < 4.78 is 0. The Kier molecular flexibility index (Phi) is 8.82. The van der Waals surface area contributed by atoms with E-state index < -0.39 is 0 Å². The summed E-state index contributed by atoms with van der Waals surface area (Å²) in [6.07, 6.45) is 2.11. The molecular weight excluding hydrogens is 350 g/mol. The van der Waals surface area contributed by atoms with Crippen molar-refractivity contribution >= 4 is 35.0 Å². The first-order valence-corrected chi connectivity index (χ1v) is 9.94. The van der Waals surface area contributed by atoms with Gasteiger partial charge in [0.25, 0.3) is 0 Å². The lowest BCUT2D eigenvalue weighted by Crippen LogP contribution is -2.37. The fraction of sp³-hybridized carbons (Fsp3) is 0.600. The predicted molar refractivity (Wildman–Crippen MR) is 112 cm³/mol. The second kappa shape index (κ2) is 10.1. The number of rotatable bonds is 6. The minimum Gasteiger partial charge on any atom is -0.347 e. The standard InChI is InChI=1S/C20H29N3S.ClH/c1-6-17-10-16(11-21)7-8-19(17)22-20-23(12-15(4)5)18(13-24-20)9-14(2)3;/h7-8,10,14-15,18H,6,9,12-13H2,1-5H3;1H. The molecule has 5 heteroatoms. The molecule has 1 aromatic rings. The molecule has 0 bridgehead atoms. The second-order valence-electron chi connectivity index (χ2n) is 7.34. The van der Waals surface area contributed by atoms with Crippen molar-refractivity contribution in [3.63, 3.8) is 0 Å². The lowest BCUT2D eigenvalue weighted by molar-refractivity contribution is 0.279. The fourth-order valence-electron chi connectivity index (χ4n) is 3.11. The largest absolute Gasteiger partial charge is 0.347 e. The van der Waals surface area contributed by atoms with Crippen LogP contribution < -0.4 is 0 Å². The van der Waals surface area contributed by atoms with Crippen molar-refractivity contribution in [2.45, 2.75) is 53.5 Å². The van der Waals surface area contributed by atoms with Crippen LogP contribution in [0.2, 0.25) is 0 Å². The third-order valence-corrected chi connectivity index (χ3v) is 5.34. The first kappa shape index (κ1) is 21.9. The minimum absolute atomic E-state index is 0. The smallest absolute Gasteiger partial charge is 0.164 e. The van der Waals surface area contributed by atoms with Crippen molar-refractivity contribution in [1.82, 2.24) is 4.90 Å². The number of halogens is 1. The molecular formula is C20H30ClN3S. The highest BCUT2D eigenvalue weighted by atomic mass is 35.5. The van der Waals surface area contributed by atoms with Crippen molar-refractivity contribution in [2.75, 3.05) is 12.3 Å². The summed E-state index contributed by atoms with van der Waals surface area (Å²) in [5.41, 5.74) is 2.88. The zero-order valence-electron chi connectivity index (χ0n) is 16.0. The number of nitrogens with zero attached hydrogens (tertiary/aromatic N) is 3. The lowest BCUT2D eigenvalue weighted by atomic mass is 10.0. The monoisotopic (exact) mass is 379 g/mol. The Morgan fingerprint density at radius 3 is 2.56 bits per heavy atom. The van der Waals surface area contributed by atoms with Crippen LogP contribution >= 0.6 is 24.2 Å². The van der Waals surface area contributed by atoms with E-state index in [2.05, 4.69) is 45.6 Å². The van der Waals surface area contributed by atoms with E-state index >= 15 is 0 Å². The zero-order valence-corrected chi connectivity index (χ0v) is 17.6. The molecule has 0 radical (unpaired) electrons. The molecule has 0 saturated carbocycles. The maximum absolute atomic E-state index is 9.09. The van der Waals surface area contributed by atoms with Crippen LogP contribution in [0.5, 0.6) is 0 Å². The highest BCUT2D eigenvalue weighted by Crippen LogP contribution is 2.32. The van der Waals surface area contributed by atoms with Gasteiger partial charge >= 0.3 is 0 Å². The van der Waals surface area contributed by atoms with Gasteiger partial charge in [0.15, 0.2) is 5.17 Å². The highest BCUT2D eigenvalue weighted by Gasteiger charge is 2.31. The first-order chi connectivity index (χ1) is 11.4. The molecule has 1 aliphatic heterocycles. The van der Waals surface area contributed by atoms with E-state index in [0.29, 0.717) is 23.4 Å². The van der Waals surface area contributed by atoms with Crippen molar-refractivity contribution in [3.8, 4) is 6.07 Å². The van der Waals surface area contributed by atoms with Crippen LogP contribution in [-0.4, -0.2) is 28.4 Å². The van der Waals surface area contributed by atoms with Crippen LogP contribution in [-0.2, 0) is 6.42 Å². The van der Waals surface area contributed by atoms with E-state index in [4.69, 9.17) is 10.3 Å². The van der Waals surface area contributed by atoms with Gasteiger partial charge in [-0.25, -0.2) is 4.99 Å². The number of nitriles is 1. The van der Waals surface area contributed by atoms with Gasteiger partial charge in [-0.2, -0.15) is 5.26 Å². The Morgan fingerprint density at radius 1 is 1.28 bits per heavy atom. The van der Waals surface area contributed by atoms with Gasteiger partial charge < -0.3 is 4.90 Å². The van der Waals surface area contributed by atoms with Gasteiger partial charge in [0, 0.05) is 18.3 Å². The molecule has 1 aliphatic rings. The number of aryl methyl sites for hydroxylation is 1. The summed E-state index contributed by atoms with van der Waals surface area (Å²) in [4.78, 5) is 7.50. The van der Waals surface area contributed by atoms with Crippen molar-refractivity contribution in [1.29, 1.82) is 5.26 Å². The molecule has 2 rings (SSSR count). The maximum atomic E-state index is 9.09. The molecule has 0 amide bonds. The molecule has 138 valence electrons. The van der Waals surface area contributed by atoms with Crippen molar-refractivity contribution in [2.24, 2.45) is 16.8 Å². The first-order valence-electron chi connectivity index (χ1n) is 8.95. The summed E-state index contributed by atoms with van der Waals surface area (Å²) in [6.45, 7) is 12.3. The van der Waals surface area contributed by atoms with E-state index in [-0.39, 0.29) is 12.4 Å². The number of hydrogen-bond acceptors (Lipinski definition) is 3. The van der Waals surface area contributed by atoms with Crippen LogP contribution in [0.15, 0.2) is 23.2 Å². The SMILES string of the molecule is CCc1cc(C#N)ccc1N=C1SCC(CC(C)C)N1CC(C)C.Cl. The molecule has 0 spiro atoms. The molecule has 1 atom stereocenters. The van der Waals surface area contributed by atoms with Gasteiger partial charge in [-0.1, -0.05) is 46.4 Å². The second-order valence-corrected chi connectivity index (χ2v) is 8.33. The third kappa shape index (κ3) is 5.94. The fourth-order valence-corrected chi connectivity index (χ4v) is 4.32. The Bertz CT molecular complexity index is 634. The number of thioether (sulfide) groups is 1. The Balaban J connectivity index is 0.00000312. The summed E-state index contributed by atoms with van der Waals surface area (Å²) >= 11 is 1.88. The van der Waals surface area contributed by atoms with E-state index in [1.807, 2.05) is 30.0 Å². The molecule has 3 nitrogen and oxygen atoms in total. The van der Waals surface area contributed by atoms with E-state index in [1.165, 1.54) is 6.42 Å². The molecule has 0 aromatic heterocycles. The highest BCUT2D eigenvalue weighted by molar-refractivity contribution is 8.14. The Morgan fingerprint density at radius 2 is 2.00 bits per heavy atom. The quantitative estimate of drug-likeness (QED) is 0.641. The summed E-state index contributed by atoms with van der Waals surface area (Å²) in [6, 6.07) is 8.64. The molecule has 1 heterocycles. The van der Waals surface area contributed by atoms with Gasteiger partial charge in [0.1, 0.15) is 0 Å². The van der Waals surface area contributed by atoms with E-state index in [9.17, 15) is 0 Å². The van der Waals surface area contributed by atoms with Gasteiger partial charge in [0.2, 0.25) is 0 Å². The van der Waals surface area contributed by atoms with Crippen LogP contribution in [0.3, 0.4) is 0 Å². The Hall–Kier alpha value is -1.18. The van der Waals surface area contributed by atoms with Gasteiger partial charge in [-0.15, -0.1) is 12.4 Å². The topological polar surface area (TPSA) is 39.4 Å². The predicted octanol–water partition coefficient (Wildman–Crippen LogP) is 5.65. The lowest BCUT2D eigenvalue weighted by Gasteiger charge is -2.29. The molecule has 0 N–H and O–H groups in total. The van der Waals surface area contributed by atoms with Crippen molar-refractivity contribution < 1.29 is 0 Å². The minimum atomic E-state index is 0. The van der Waals surface area contributed by atoms with Gasteiger partial charge in [-0.3, -0.25) is 0 Å². The number of hydrogen-bond donors (Lipinski definition) is 0. The van der Waals surface area contributed by atoms with E-state index in [0.717, 1.165) is 35.1 Å². The summed E-state index contributed by atoms with van der Waals surface area (Å²) in [5.74, 6) is 2.45. The number of amidine groups is 1. The van der Waals surface area contributed by atoms with Crippen LogP contribution in [0, 0.1) is 23.2 Å². The van der Waals surface area contributed by atoms with Crippen LogP contribution in [0.1, 0.15) is 52.2 Å². The zero-order chi connectivity index (χ0) is 17.7. The molecule has 1 fully saturated rings. The molecule has 0 aliphatic carbocycles. The normalized spacial score (nSPS) is 18.7. The summed E-state index contributed by atoms with van der Waals surface area (Å²) in [7, 11) is 0. The van der Waals surface area contributed by atoms with Gasteiger partial charge in [-0.05, 0) is 48.4 Å². The van der Waals surface area contributed by atoms with Crippen LogP contribution in [0.4, 0.5) is 5.69 Å². The van der Waals surface area contributed by atoms with E-state index in [1.54, 1.807) is 0 Å². The Labute approximate surface area is 163 Å². The molecule has 1 aromatic carbocycles. The molecule has 1 saturated heterocycles. The van der Waals surface area contributed by atoms with Crippen molar-refractivity contribution in [3.05, 3.63) is 29.3 Å². The van der Waals surface area contributed by atoms with Crippen LogP contribution in [0.25, 0.3) is 0 Å². The number of aliphatic imine (C=N–C) groups is 1.